The van der Waals surface area contributed by atoms with Crippen LogP contribution in [0.2, 0.25) is 0 Å². The first kappa shape index (κ1) is 14.9. The van der Waals surface area contributed by atoms with E-state index in [2.05, 4.69) is 5.32 Å². The first-order valence-electron chi connectivity index (χ1n) is 6.90. The summed E-state index contributed by atoms with van der Waals surface area (Å²) in [5.74, 6) is 0.517. The highest BCUT2D eigenvalue weighted by Crippen LogP contribution is 2.20. The standard InChI is InChI=1S/C17H20N2O2/c1-11(2)21-15-6-4-5-13(10-15)17(20)19-16-8-7-14(18)9-12(16)3/h4-11H,18H2,1-3H3,(H,19,20). The highest BCUT2D eigenvalue weighted by Gasteiger charge is 2.09. The zero-order valence-electron chi connectivity index (χ0n) is 12.5. The van der Waals surface area contributed by atoms with Gasteiger partial charge in [0.05, 0.1) is 6.10 Å². The molecule has 4 nitrogen and oxygen atoms in total. The Labute approximate surface area is 124 Å². The van der Waals surface area contributed by atoms with E-state index in [1.54, 1.807) is 24.3 Å². The Morgan fingerprint density at radius 1 is 1.19 bits per heavy atom. The molecule has 110 valence electrons. The van der Waals surface area contributed by atoms with Crippen LogP contribution in [0.5, 0.6) is 5.75 Å². The molecule has 4 heteroatoms. The Balaban J connectivity index is 2.16. The molecule has 0 unspecified atom stereocenters. The molecule has 0 saturated carbocycles. The summed E-state index contributed by atoms with van der Waals surface area (Å²) in [5, 5.41) is 2.88. The Kier molecular flexibility index (Phi) is 4.48. The molecule has 0 bridgehead atoms. The minimum atomic E-state index is -0.169. The predicted octanol–water partition coefficient (Wildman–Crippen LogP) is 3.62. The van der Waals surface area contributed by atoms with Crippen LogP contribution in [0, 0.1) is 6.92 Å². The fourth-order valence-corrected chi connectivity index (χ4v) is 2.00. The highest BCUT2D eigenvalue weighted by molar-refractivity contribution is 6.04. The van der Waals surface area contributed by atoms with Gasteiger partial charge in [0.2, 0.25) is 0 Å². The van der Waals surface area contributed by atoms with Crippen LogP contribution < -0.4 is 15.8 Å². The molecule has 0 aliphatic heterocycles. The number of nitrogen functional groups attached to an aromatic ring is 1. The minimum Gasteiger partial charge on any atom is -0.491 e. The average molecular weight is 284 g/mol. The quantitative estimate of drug-likeness (QED) is 0.843. The third-order valence-corrected chi connectivity index (χ3v) is 2.97. The molecule has 0 fully saturated rings. The largest absolute Gasteiger partial charge is 0.491 e. The second-order valence-electron chi connectivity index (χ2n) is 5.22. The van der Waals surface area contributed by atoms with Gasteiger partial charge in [0.25, 0.3) is 5.91 Å². The van der Waals surface area contributed by atoms with Gasteiger partial charge in [-0.2, -0.15) is 0 Å². The predicted molar refractivity (Wildman–Crippen MR) is 85.8 cm³/mol. The molecule has 0 heterocycles. The van der Waals surface area contributed by atoms with Crippen LogP contribution >= 0.6 is 0 Å². The van der Waals surface area contributed by atoms with Crippen molar-refractivity contribution < 1.29 is 9.53 Å². The van der Waals surface area contributed by atoms with Crippen molar-refractivity contribution in [1.29, 1.82) is 0 Å². The van der Waals surface area contributed by atoms with Crippen molar-refractivity contribution in [3.8, 4) is 5.75 Å². The SMILES string of the molecule is Cc1cc(N)ccc1NC(=O)c1cccc(OC(C)C)c1. The zero-order chi connectivity index (χ0) is 15.4. The number of hydrogen-bond acceptors (Lipinski definition) is 3. The number of carbonyl (C=O) groups excluding carboxylic acids is 1. The van der Waals surface area contributed by atoms with Crippen molar-refractivity contribution in [3.63, 3.8) is 0 Å². The third-order valence-electron chi connectivity index (χ3n) is 2.97. The van der Waals surface area contributed by atoms with Gasteiger partial charge in [0.1, 0.15) is 5.75 Å². The summed E-state index contributed by atoms with van der Waals surface area (Å²) in [6, 6.07) is 12.5. The number of benzene rings is 2. The summed E-state index contributed by atoms with van der Waals surface area (Å²) >= 11 is 0. The number of nitrogens with two attached hydrogens (primary N) is 1. The van der Waals surface area contributed by atoms with E-state index in [4.69, 9.17) is 10.5 Å². The van der Waals surface area contributed by atoms with Gasteiger partial charge >= 0.3 is 0 Å². The van der Waals surface area contributed by atoms with E-state index in [1.807, 2.05) is 39.0 Å². The maximum atomic E-state index is 12.3. The molecule has 2 aromatic rings. The van der Waals surface area contributed by atoms with Crippen LogP contribution in [-0.2, 0) is 0 Å². The molecule has 0 radical (unpaired) electrons. The normalized spacial score (nSPS) is 10.5. The number of ether oxygens (including phenoxy) is 1. The molecule has 2 rings (SSSR count). The molecular weight excluding hydrogens is 264 g/mol. The van der Waals surface area contributed by atoms with E-state index in [9.17, 15) is 4.79 Å². The fraction of sp³-hybridized carbons (Fsp3) is 0.235. The Hall–Kier alpha value is -2.49. The first-order chi connectivity index (χ1) is 9.95. The monoisotopic (exact) mass is 284 g/mol. The average Bonchev–Trinajstić information content (AvgIpc) is 2.41. The van der Waals surface area contributed by atoms with Gasteiger partial charge < -0.3 is 15.8 Å². The Morgan fingerprint density at radius 2 is 1.95 bits per heavy atom. The first-order valence-corrected chi connectivity index (χ1v) is 6.90. The van der Waals surface area contributed by atoms with Gasteiger partial charge in [0, 0.05) is 16.9 Å². The van der Waals surface area contributed by atoms with Gasteiger partial charge in [-0.3, -0.25) is 4.79 Å². The number of amides is 1. The minimum absolute atomic E-state index is 0.0719. The molecule has 0 saturated heterocycles. The van der Waals surface area contributed by atoms with Gasteiger partial charge in [-0.15, -0.1) is 0 Å². The van der Waals surface area contributed by atoms with Gasteiger partial charge in [0.15, 0.2) is 0 Å². The lowest BCUT2D eigenvalue weighted by atomic mass is 10.1. The van der Waals surface area contributed by atoms with Crippen LogP contribution in [0.15, 0.2) is 42.5 Å². The van der Waals surface area contributed by atoms with Crippen LogP contribution in [-0.4, -0.2) is 12.0 Å². The second kappa shape index (κ2) is 6.31. The van der Waals surface area contributed by atoms with Crippen molar-refractivity contribution in [2.24, 2.45) is 0 Å². The van der Waals surface area contributed by atoms with E-state index in [0.717, 1.165) is 11.3 Å². The summed E-state index contributed by atoms with van der Waals surface area (Å²) in [6.45, 7) is 5.80. The third kappa shape index (κ3) is 3.99. The van der Waals surface area contributed by atoms with Crippen LogP contribution in [0.3, 0.4) is 0 Å². The smallest absolute Gasteiger partial charge is 0.255 e. The highest BCUT2D eigenvalue weighted by atomic mass is 16.5. The lowest BCUT2D eigenvalue weighted by Gasteiger charge is -2.12. The van der Waals surface area contributed by atoms with E-state index >= 15 is 0 Å². The summed E-state index contributed by atoms with van der Waals surface area (Å²) in [7, 11) is 0. The number of hydrogen-bond donors (Lipinski definition) is 2. The summed E-state index contributed by atoms with van der Waals surface area (Å²) < 4.78 is 5.60. The maximum absolute atomic E-state index is 12.3. The van der Waals surface area contributed by atoms with Crippen molar-refractivity contribution in [1.82, 2.24) is 0 Å². The maximum Gasteiger partial charge on any atom is 0.255 e. The van der Waals surface area contributed by atoms with E-state index < -0.39 is 0 Å². The Bertz CT molecular complexity index is 651. The molecule has 2 aromatic carbocycles. The lowest BCUT2D eigenvalue weighted by Crippen LogP contribution is -2.13. The summed E-state index contributed by atoms with van der Waals surface area (Å²) in [5.41, 5.74) is 8.63. The number of rotatable bonds is 4. The number of carbonyl (C=O) groups is 1. The molecule has 0 aromatic heterocycles. The van der Waals surface area contributed by atoms with Crippen LogP contribution in [0.4, 0.5) is 11.4 Å². The van der Waals surface area contributed by atoms with E-state index in [0.29, 0.717) is 17.0 Å². The van der Waals surface area contributed by atoms with Crippen molar-refractivity contribution >= 4 is 17.3 Å². The number of aryl methyl sites for hydroxylation is 1. The summed E-state index contributed by atoms with van der Waals surface area (Å²) in [6.07, 6.45) is 0.0719. The van der Waals surface area contributed by atoms with E-state index in [-0.39, 0.29) is 12.0 Å². The molecule has 21 heavy (non-hydrogen) atoms. The van der Waals surface area contributed by atoms with Gasteiger partial charge in [-0.1, -0.05) is 6.07 Å². The van der Waals surface area contributed by atoms with Gasteiger partial charge in [-0.25, -0.2) is 0 Å². The molecule has 0 atom stereocenters. The lowest BCUT2D eigenvalue weighted by molar-refractivity contribution is 0.102. The summed E-state index contributed by atoms with van der Waals surface area (Å²) in [4.78, 5) is 12.3. The number of nitrogens with one attached hydrogen (secondary N) is 1. The fourth-order valence-electron chi connectivity index (χ4n) is 2.00. The number of anilines is 2. The molecule has 0 aliphatic rings. The second-order valence-corrected chi connectivity index (χ2v) is 5.22. The topological polar surface area (TPSA) is 64.3 Å². The van der Waals surface area contributed by atoms with Crippen molar-refractivity contribution in [2.75, 3.05) is 11.1 Å². The van der Waals surface area contributed by atoms with E-state index in [1.165, 1.54) is 0 Å². The van der Waals surface area contributed by atoms with Crippen molar-refractivity contribution in [3.05, 3.63) is 53.6 Å². The molecular formula is C17H20N2O2. The molecule has 0 aliphatic carbocycles. The molecule has 3 N–H and O–H groups in total. The van der Waals surface area contributed by atoms with Crippen LogP contribution in [0.1, 0.15) is 29.8 Å². The zero-order valence-corrected chi connectivity index (χ0v) is 12.5. The molecule has 0 spiro atoms. The van der Waals surface area contributed by atoms with Crippen molar-refractivity contribution in [2.45, 2.75) is 26.9 Å². The van der Waals surface area contributed by atoms with Gasteiger partial charge in [-0.05, 0) is 62.7 Å². The Morgan fingerprint density at radius 3 is 2.62 bits per heavy atom. The van der Waals surface area contributed by atoms with Crippen LogP contribution in [0.25, 0.3) is 0 Å². The molecule has 1 amide bonds.